The van der Waals surface area contributed by atoms with E-state index < -0.39 is 0 Å². The molecule has 16 heavy (non-hydrogen) atoms. The molecule has 0 radical (unpaired) electrons. The van der Waals surface area contributed by atoms with E-state index in [0.717, 1.165) is 9.49 Å². The molecule has 0 saturated heterocycles. The standard InChI is InChI=1S/C12H17IN2O/c13-8-3-1-7(2-4-8)9-5-6-10(16)12(15)11(9)14/h5-8,16H,1-4,14-15H2. The summed E-state index contributed by atoms with van der Waals surface area (Å²) >= 11 is 2.51. The van der Waals surface area contributed by atoms with E-state index in [9.17, 15) is 5.11 Å². The van der Waals surface area contributed by atoms with Crippen LogP contribution in [0.15, 0.2) is 12.1 Å². The van der Waals surface area contributed by atoms with Crippen LogP contribution in [-0.4, -0.2) is 9.03 Å². The van der Waals surface area contributed by atoms with Gasteiger partial charge in [-0.1, -0.05) is 28.7 Å². The molecule has 4 heteroatoms. The fourth-order valence-corrected chi connectivity index (χ4v) is 3.08. The van der Waals surface area contributed by atoms with E-state index >= 15 is 0 Å². The van der Waals surface area contributed by atoms with Crippen molar-refractivity contribution in [2.75, 3.05) is 11.5 Å². The summed E-state index contributed by atoms with van der Waals surface area (Å²) in [6.45, 7) is 0. The maximum Gasteiger partial charge on any atom is 0.140 e. The van der Waals surface area contributed by atoms with Crippen LogP contribution in [0.3, 0.4) is 0 Å². The maximum atomic E-state index is 9.46. The van der Waals surface area contributed by atoms with Crippen molar-refractivity contribution in [3.63, 3.8) is 0 Å². The highest BCUT2D eigenvalue weighted by Crippen LogP contribution is 2.41. The van der Waals surface area contributed by atoms with Crippen molar-refractivity contribution in [1.29, 1.82) is 0 Å². The molecule has 1 aliphatic rings. The number of nitrogen functional groups attached to an aromatic ring is 2. The Hall–Kier alpha value is -0.650. The fraction of sp³-hybridized carbons (Fsp3) is 0.500. The number of phenols is 1. The molecule has 0 amide bonds. The number of halogens is 1. The molecule has 88 valence electrons. The summed E-state index contributed by atoms with van der Waals surface area (Å²) in [6, 6.07) is 3.57. The monoisotopic (exact) mass is 332 g/mol. The van der Waals surface area contributed by atoms with Gasteiger partial charge in [-0.15, -0.1) is 0 Å². The van der Waals surface area contributed by atoms with Gasteiger partial charge in [0.05, 0.1) is 11.4 Å². The van der Waals surface area contributed by atoms with Crippen molar-refractivity contribution in [3.05, 3.63) is 17.7 Å². The molecule has 1 fully saturated rings. The van der Waals surface area contributed by atoms with Crippen molar-refractivity contribution < 1.29 is 5.11 Å². The third-order valence-electron chi connectivity index (χ3n) is 3.39. The van der Waals surface area contributed by atoms with Crippen molar-refractivity contribution >= 4 is 34.0 Å². The zero-order valence-corrected chi connectivity index (χ0v) is 11.3. The van der Waals surface area contributed by atoms with Crippen molar-refractivity contribution in [2.45, 2.75) is 35.5 Å². The topological polar surface area (TPSA) is 72.3 Å². The summed E-state index contributed by atoms with van der Waals surface area (Å²) in [5.74, 6) is 0.595. The van der Waals surface area contributed by atoms with Crippen molar-refractivity contribution in [2.24, 2.45) is 0 Å². The molecular weight excluding hydrogens is 315 g/mol. The van der Waals surface area contributed by atoms with E-state index in [1.54, 1.807) is 6.07 Å². The molecule has 5 N–H and O–H groups in total. The first-order chi connectivity index (χ1) is 7.59. The Labute approximate surface area is 109 Å². The van der Waals surface area contributed by atoms with Gasteiger partial charge in [0.15, 0.2) is 0 Å². The van der Waals surface area contributed by atoms with Crippen LogP contribution in [0.2, 0.25) is 0 Å². The van der Waals surface area contributed by atoms with Gasteiger partial charge in [0.1, 0.15) is 5.75 Å². The maximum absolute atomic E-state index is 9.46. The summed E-state index contributed by atoms with van der Waals surface area (Å²) in [6.07, 6.45) is 4.82. The Morgan fingerprint density at radius 3 is 2.31 bits per heavy atom. The van der Waals surface area contributed by atoms with Gasteiger partial charge in [0.25, 0.3) is 0 Å². The Bertz CT molecular complexity index is 387. The predicted octanol–water partition coefficient (Wildman–Crippen LogP) is 3.02. The highest BCUT2D eigenvalue weighted by Gasteiger charge is 2.23. The van der Waals surface area contributed by atoms with Crippen LogP contribution in [0, 0.1) is 0 Å². The lowest BCUT2D eigenvalue weighted by atomic mass is 9.83. The number of nitrogens with two attached hydrogens (primary N) is 2. The quantitative estimate of drug-likeness (QED) is 0.320. The average Bonchev–Trinajstić information content (AvgIpc) is 2.28. The number of hydrogen-bond donors (Lipinski definition) is 3. The highest BCUT2D eigenvalue weighted by molar-refractivity contribution is 14.1. The van der Waals surface area contributed by atoms with Gasteiger partial charge >= 0.3 is 0 Å². The average molecular weight is 332 g/mol. The first-order valence-corrected chi connectivity index (χ1v) is 6.85. The Morgan fingerprint density at radius 1 is 1.06 bits per heavy atom. The summed E-state index contributed by atoms with van der Waals surface area (Å²) in [5, 5.41) is 9.46. The van der Waals surface area contributed by atoms with E-state index in [1.165, 1.54) is 25.7 Å². The van der Waals surface area contributed by atoms with Gasteiger partial charge in [-0.05, 0) is 43.2 Å². The molecule has 1 aliphatic carbocycles. The van der Waals surface area contributed by atoms with Crippen LogP contribution in [0.4, 0.5) is 11.4 Å². The first-order valence-electron chi connectivity index (χ1n) is 5.60. The predicted molar refractivity (Wildman–Crippen MR) is 75.9 cm³/mol. The number of hydrogen-bond acceptors (Lipinski definition) is 3. The van der Waals surface area contributed by atoms with Gasteiger partial charge in [0.2, 0.25) is 0 Å². The first kappa shape index (κ1) is 11.8. The SMILES string of the molecule is Nc1c(O)ccc(C2CCC(I)CC2)c1N. The number of rotatable bonds is 1. The zero-order valence-electron chi connectivity index (χ0n) is 9.12. The molecule has 0 aromatic heterocycles. The van der Waals surface area contributed by atoms with Gasteiger partial charge < -0.3 is 16.6 Å². The molecule has 0 spiro atoms. The minimum atomic E-state index is 0.0869. The molecule has 0 aliphatic heterocycles. The zero-order chi connectivity index (χ0) is 11.7. The van der Waals surface area contributed by atoms with Crippen molar-refractivity contribution in [3.8, 4) is 5.75 Å². The highest BCUT2D eigenvalue weighted by atomic mass is 127. The van der Waals surface area contributed by atoms with Crippen LogP contribution in [0.1, 0.15) is 37.2 Å². The number of alkyl halides is 1. The summed E-state index contributed by atoms with van der Waals surface area (Å²) in [5.41, 5.74) is 13.7. The second-order valence-corrected chi connectivity index (χ2v) is 6.21. The molecule has 0 atom stereocenters. The lowest BCUT2D eigenvalue weighted by Crippen LogP contribution is -2.14. The molecule has 1 aromatic carbocycles. The number of benzene rings is 1. The van der Waals surface area contributed by atoms with E-state index in [2.05, 4.69) is 22.6 Å². The summed E-state index contributed by atoms with van der Waals surface area (Å²) in [4.78, 5) is 0. The van der Waals surface area contributed by atoms with E-state index in [-0.39, 0.29) is 5.75 Å². The second kappa shape index (κ2) is 4.69. The lowest BCUT2D eigenvalue weighted by Gasteiger charge is -2.27. The van der Waals surface area contributed by atoms with E-state index in [4.69, 9.17) is 11.5 Å². The molecule has 2 rings (SSSR count). The van der Waals surface area contributed by atoms with Crippen LogP contribution < -0.4 is 11.5 Å². The summed E-state index contributed by atoms with van der Waals surface area (Å²) in [7, 11) is 0. The smallest absolute Gasteiger partial charge is 0.140 e. The largest absolute Gasteiger partial charge is 0.506 e. The minimum Gasteiger partial charge on any atom is -0.506 e. The normalized spacial score (nSPS) is 25.6. The number of phenolic OH excluding ortho intramolecular Hbond substituents is 1. The Morgan fingerprint density at radius 2 is 1.69 bits per heavy atom. The molecule has 1 aromatic rings. The van der Waals surface area contributed by atoms with Crippen LogP contribution in [0.5, 0.6) is 5.75 Å². The van der Waals surface area contributed by atoms with E-state index in [0.29, 0.717) is 17.3 Å². The molecule has 3 nitrogen and oxygen atoms in total. The van der Waals surface area contributed by atoms with Gasteiger partial charge in [-0.25, -0.2) is 0 Å². The second-order valence-electron chi connectivity index (χ2n) is 4.45. The van der Waals surface area contributed by atoms with E-state index in [1.807, 2.05) is 6.07 Å². The fourth-order valence-electron chi connectivity index (χ4n) is 2.36. The lowest BCUT2D eigenvalue weighted by molar-refractivity contribution is 0.460. The third-order valence-corrected chi connectivity index (χ3v) is 4.64. The van der Waals surface area contributed by atoms with Crippen LogP contribution in [-0.2, 0) is 0 Å². The molecule has 0 unspecified atom stereocenters. The van der Waals surface area contributed by atoms with Gasteiger partial charge in [-0.3, -0.25) is 0 Å². The molecule has 1 saturated carbocycles. The Balaban J connectivity index is 2.24. The summed E-state index contributed by atoms with van der Waals surface area (Å²) < 4.78 is 0.796. The minimum absolute atomic E-state index is 0.0869. The Kier molecular flexibility index (Phi) is 3.47. The van der Waals surface area contributed by atoms with Crippen LogP contribution >= 0.6 is 22.6 Å². The third kappa shape index (κ3) is 2.21. The van der Waals surface area contributed by atoms with Gasteiger partial charge in [-0.2, -0.15) is 0 Å². The number of anilines is 2. The number of aromatic hydroxyl groups is 1. The van der Waals surface area contributed by atoms with Crippen molar-refractivity contribution in [1.82, 2.24) is 0 Å². The molecular formula is C12H17IN2O. The molecule has 0 bridgehead atoms. The van der Waals surface area contributed by atoms with Gasteiger partial charge in [0, 0.05) is 3.92 Å². The molecule has 0 heterocycles. The van der Waals surface area contributed by atoms with Crippen LogP contribution in [0.25, 0.3) is 0 Å².